The van der Waals surface area contributed by atoms with E-state index in [-0.39, 0.29) is 12.5 Å². The summed E-state index contributed by atoms with van der Waals surface area (Å²) in [6, 6.07) is 11.8. The van der Waals surface area contributed by atoms with Crippen LogP contribution < -0.4 is 10.1 Å². The van der Waals surface area contributed by atoms with E-state index in [2.05, 4.69) is 5.32 Å². The summed E-state index contributed by atoms with van der Waals surface area (Å²) in [5.74, 6) is -0.158. The molecule has 5 nitrogen and oxygen atoms in total. The van der Waals surface area contributed by atoms with Crippen LogP contribution in [0.2, 0.25) is 0 Å². The molecule has 3 rings (SSSR count). The summed E-state index contributed by atoms with van der Waals surface area (Å²) >= 11 is 1.30. The first-order valence-corrected chi connectivity index (χ1v) is 10.5. The van der Waals surface area contributed by atoms with Crippen LogP contribution in [-0.2, 0) is 9.53 Å². The van der Waals surface area contributed by atoms with Crippen molar-refractivity contribution in [2.24, 2.45) is 0 Å². The van der Waals surface area contributed by atoms with Crippen LogP contribution in [0.15, 0.2) is 41.8 Å². The topological polar surface area (TPSA) is 64.6 Å². The highest BCUT2D eigenvalue weighted by Gasteiger charge is 2.23. The Morgan fingerprint density at radius 2 is 1.77 bits per heavy atom. The normalized spacial score (nSPS) is 10.6. The number of nitrogens with one attached hydrogen (secondary N) is 1. The van der Waals surface area contributed by atoms with Crippen molar-refractivity contribution in [2.75, 3.05) is 19.0 Å². The first-order valence-electron chi connectivity index (χ1n) is 9.58. The second-order valence-electron chi connectivity index (χ2n) is 7.20. The zero-order chi connectivity index (χ0) is 21.8. The molecule has 0 spiro atoms. The van der Waals surface area contributed by atoms with E-state index in [1.54, 1.807) is 0 Å². The van der Waals surface area contributed by atoms with E-state index in [1.165, 1.54) is 18.4 Å². The maximum absolute atomic E-state index is 12.5. The Bertz CT molecular complexity index is 1100. The second-order valence-corrected chi connectivity index (χ2v) is 8.08. The largest absolute Gasteiger partial charge is 0.483 e. The molecule has 156 valence electrons. The number of ether oxygens (including phenoxy) is 2. The van der Waals surface area contributed by atoms with Crippen molar-refractivity contribution in [1.29, 1.82) is 0 Å². The molecule has 0 aliphatic carbocycles. The van der Waals surface area contributed by atoms with Gasteiger partial charge in [-0.3, -0.25) is 4.79 Å². The van der Waals surface area contributed by atoms with Crippen LogP contribution in [0.3, 0.4) is 0 Å². The lowest BCUT2D eigenvalue weighted by molar-refractivity contribution is -0.118. The molecule has 0 atom stereocenters. The Hall–Kier alpha value is -3.12. The van der Waals surface area contributed by atoms with Crippen LogP contribution in [0, 0.1) is 27.7 Å². The number of hydrogen-bond donors (Lipinski definition) is 1. The van der Waals surface area contributed by atoms with E-state index in [4.69, 9.17) is 9.47 Å². The number of aryl methyl sites for hydroxylation is 3. The van der Waals surface area contributed by atoms with E-state index in [0.29, 0.717) is 16.3 Å². The molecular formula is C24H25NO4S. The number of carbonyl (C=O) groups is 2. The zero-order valence-corrected chi connectivity index (χ0v) is 18.6. The predicted molar refractivity (Wildman–Crippen MR) is 121 cm³/mol. The molecule has 3 aromatic rings. The van der Waals surface area contributed by atoms with Crippen molar-refractivity contribution in [3.8, 4) is 16.9 Å². The third-order valence-corrected chi connectivity index (χ3v) is 5.93. The monoisotopic (exact) mass is 423 g/mol. The van der Waals surface area contributed by atoms with E-state index in [1.807, 2.05) is 69.5 Å². The highest BCUT2D eigenvalue weighted by atomic mass is 32.1. The highest BCUT2D eigenvalue weighted by molar-refractivity contribution is 7.15. The average Bonchev–Trinajstić information content (AvgIpc) is 3.13. The molecule has 0 saturated heterocycles. The second kappa shape index (κ2) is 9.13. The molecule has 2 aromatic carbocycles. The number of anilines is 1. The summed E-state index contributed by atoms with van der Waals surface area (Å²) in [6.07, 6.45) is 0. The first kappa shape index (κ1) is 21.6. The van der Waals surface area contributed by atoms with Gasteiger partial charge in [0.05, 0.1) is 7.11 Å². The van der Waals surface area contributed by atoms with E-state index in [9.17, 15) is 9.59 Å². The van der Waals surface area contributed by atoms with Crippen molar-refractivity contribution < 1.29 is 19.1 Å². The lowest BCUT2D eigenvalue weighted by Gasteiger charge is -2.12. The third-order valence-electron chi connectivity index (χ3n) is 5.03. The summed E-state index contributed by atoms with van der Waals surface area (Å²) < 4.78 is 10.7. The lowest BCUT2D eigenvalue weighted by atomic mass is 9.97. The van der Waals surface area contributed by atoms with E-state index < -0.39 is 5.97 Å². The van der Waals surface area contributed by atoms with E-state index >= 15 is 0 Å². The summed E-state index contributed by atoms with van der Waals surface area (Å²) in [5, 5.41) is 5.13. The molecule has 1 aromatic heterocycles. The fourth-order valence-electron chi connectivity index (χ4n) is 3.17. The number of thiophene rings is 1. The minimum atomic E-state index is -0.488. The predicted octanol–water partition coefficient (Wildman–Crippen LogP) is 5.45. The maximum Gasteiger partial charge on any atom is 0.341 e. The molecule has 0 saturated carbocycles. The van der Waals surface area contributed by atoms with Crippen molar-refractivity contribution in [2.45, 2.75) is 27.7 Å². The van der Waals surface area contributed by atoms with Gasteiger partial charge in [-0.05, 0) is 56.0 Å². The lowest BCUT2D eigenvalue weighted by Crippen LogP contribution is -2.21. The fourth-order valence-corrected chi connectivity index (χ4v) is 4.13. The zero-order valence-electron chi connectivity index (χ0n) is 17.8. The molecular weight excluding hydrogens is 398 g/mol. The van der Waals surface area contributed by atoms with Gasteiger partial charge in [-0.1, -0.05) is 35.9 Å². The van der Waals surface area contributed by atoms with Gasteiger partial charge in [0.15, 0.2) is 6.61 Å². The minimum Gasteiger partial charge on any atom is -0.483 e. The number of rotatable bonds is 6. The van der Waals surface area contributed by atoms with Crippen molar-refractivity contribution in [3.63, 3.8) is 0 Å². The number of methoxy groups -OCH3 is 1. The van der Waals surface area contributed by atoms with Gasteiger partial charge in [-0.2, -0.15) is 0 Å². The molecule has 0 bridgehead atoms. The smallest absolute Gasteiger partial charge is 0.341 e. The fraction of sp³-hybridized carbons (Fsp3) is 0.250. The van der Waals surface area contributed by atoms with Gasteiger partial charge in [0, 0.05) is 10.9 Å². The Balaban J connectivity index is 1.84. The van der Waals surface area contributed by atoms with Crippen LogP contribution >= 0.6 is 11.3 Å². The Kier molecular flexibility index (Phi) is 6.57. The molecule has 6 heteroatoms. The Morgan fingerprint density at radius 1 is 1.00 bits per heavy atom. The van der Waals surface area contributed by atoms with Gasteiger partial charge < -0.3 is 14.8 Å². The van der Waals surface area contributed by atoms with Crippen molar-refractivity contribution in [3.05, 3.63) is 69.6 Å². The van der Waals surface area contributed by atoms with Crippen LogP contribution in [-0.4, -0.2) is 25.6 Å². The maximum atomic E-state index is 12.5. The standard InChI is InChI=1S/C24H25NO4S/c1-14-9-10-16(3)18(11-14)19-13-30-23(22(19)24(27)28-5)25-21(26)12-29-20-8-6-7-15(2)17(20)4/h6-11,13H,12H2,1-5H3,(H,25,26). The van der Waals surface area contributed by atoms with Gasteiger partial charge in [0.1, 0.15) is 16.3 Å². The summed E-state index contributed by atoms with van der Waals surface area (Å²) in [4.78, 5) is 25.1. The number of amides is 1. The number of benzene rings is 2. The molecule has 30 heavy (non-hydrogen) atoms. The van der Waals surface area contributed by atoms with Gasteiger partial charge >= 0.3 is 5.97 Å². The van der Waals surface area contributed by atoms with Gasteiger partial charge in [-0.15, -0.1) is 11.3 Å². The Labute approximate surface area is 180 Å². The van der Waals surface area contributed by atoms with Crippen LogP contribution in [0.1, 0.15) is 32.6 Å². The Morgan fingerprint density at radius 3 is 2.50 bits per heavy atom. The number of hydrogen-bond acceptors (Lipinski definition) is 5. The summed E-state index contributed by atoms with van der Waals surface area (Å²) in [5.41, 5.74) is 6.27. The van der Waals surface area contributed by atoms with Crippen molar-refractivity contribution in [1.82, 2.24) is 0 Å². The molecule has 0 aliphatic heterocycles. The molecule has 1 amide bonds. The molecule has 1 N–H and O–H groups in total. The molecule has 1 heterocycles. The SMILES string of the molecule is COC(=O)c1c(-c2cc(C)ccc2C)csc1NC(=O)COc1cccc(C)c1C. The third kappa shape index (κ3) is 4.54. The van der Waals surface area contributed by atoms with Gasteiger partial charge in [0.25, 0.3) is 5.91 Å². The summed E-state index contributed by atoms with van der Waals surface area (Å²) in [6.45, 7) is 7.78. The molecule has 0 radical (unpaired) electrons. The molecule has 0 fully saturated rings. The quantitative estimate of drug-likeness (QED) is 0.535. The highest BCUT2D eigenvalue weighted by Crippen LogP contribution is 2.38. The van der Waals surface area contributed by atoms with Crippen LogP contribution in [0.4, 0.5) is 5.00 Å². The van der Waals surface area contributed by atoms with Gasteiger partial charge in [-0.25, -0.2) is 4.79 Å². The number of carbonyl (C=O) groups excluding carboxylic acids is 2. The van der Waals surface area contributed by atoms with E-state index in [0.717, 1.165) is 33.4 Å². The van der Waals surface area contributed by atoms with Crippen molar-refractivity contribution >= 4 is 28.2 Å². The summed E-state index contributed by atoms with van der Waals surface area (Å²) in [7, 11) is 1.34. The average molecular weight is 424 g/mol. The van der Waals surface area contributed by atoms with Crippen LogP contribution in [0.25, 0.3) is 11.1 Å². The van der Waals surface area contributed by atoms with Crippen LogP contribution in [0.5, 0.6) is 5.75 Å². The van der Waals surface area contributed by atoms with Gasteiger partial charge in [0.2, 0.25) is 0 Å². The molecule has 0 unspecified atom stereocenters. The molecule has 0 aliphatic rings. The minimum absolute atomic E-state index is 0.151. The first-order chi connectivity index (χ1) is 14.3. The number of esters is 1.